The molecule has 0 fully saturated rings. The molecule has 1 rings (SSSR count). The third-order valence-electron chi connectivity index (χ3n) is 1.44. The SMILES string of the molecule is NC(=O)NN=Cc1cc(Cl)cc(Br)c1O. The van der Waals surface area contributed by atoms with Crippen molar-refractivity contribution < 1.29 is 9.90 Å². The molecule has 0 radical (unpaired) electrons. The quantitative estimate of drug-likeness (QED) is 0.573. The van der Waals surface area contributed by atoms with Gasteiger partial charge in [0, 0.05) is 10.6 Å². The minimum Gasteiger partial charge on any atom is -0.506 e. The molecule has 1 aromatic carbocycles. The van der Waals surface area contributed by atoms with Crippen molar-refractivity contribution in [3.63, 3.8) is 0 Å². The Morgan fingerprint density at radius 3 is 2.93 bits per heavy atom. The Bertz CT molecular complexity index is 423. The monoisotopic (exact) mass is 291 g/mol. The Labute approximate surface area is 99.0 Å². The van der Waals surface area contributed by atoms with Crippen LogP contribution in [-0.2, 0) is 0 Å². The van der Waals surface area contributed by atoms with E-state index >= 15 is 0 Å². The zero-order valence-corrected chi connectivity index (χ0v) is 9.71. The number of phenols is 1. The van der Waals surface area contributed by atoms with E-state index in [0.717, 1.165) is 0 Å². The second-order valence-electron chi connectivity index (χ2n) is 2.56. The van der Waals surface area contributed by atoms with Crippen LogP contribution in [0.15, 0.2) is 21.7 Å². The Balaban J connectivity index is 2.94. The van der Waals surface area contributed by atoms with Gasteiger partial charge in [0.2, 0.25) is 0 Å². The van der Waals surface area contributed by atoms with Gasteiger partial charge in [0.25, 0.3) is 0 Å². The van der Waals surface area contributed by atoms with E-state index in [4.69, 9.17) is 17.3 Å². The lowest BCUT2D eigenvalue weighted by molar-refractivity contribution is 0.249. The average molecular weight is 293 g/mol. The molecule has 0 unspecified atom stereocenters. The number of halogens is 2. The van der Waals surface area contributed by atoms with Crippen molar-refractivity contribution in [3.05, 3.63) is 27.2 Å². The maximum absolute atomic E-state index is 10.3. The number of nitrogens with zero attached hydrogens (tertiary/aromatic N) is 1. The number of hydrogen-bond donors (Lipinski definition) is 3. The minimum absolute atomic E-state index is 0.0191. The van der Waals surface area contributed by atoms with Crippen LogP contribution in [0.5, 0.6) is 5.75 Å². The van der Waals surface area contributed by atoms with Crippen molar-refractivity contribution >= 4 is 39.8 Å². The number of aromatic hydroxyl groups is 1. The van der Waals surface area contributed by atoms with Gasteiger partial charge in [0.15, 0.2) is 0 Å². The summed E-state index contributed by atoms with van der Waals surface area (Å²) in [6.45, 7) is 0. The molecule has 0 aliphatic heterocycles. The van der Waals surface area contributed by atoms with Gasteiger partial charge in [-0.15, -0.1) is 0 Å². The molecular weight excluding hydrogens is 285 g/mol. The molecule has 0 bridgehead atoms. The molecule has 0 spiro atoms. The number of hydrogen-bond acceptors (Lipinski definition) is 3. The second-order valence-corrected chi connectivity index (χ2v) is 3.85. The first-order valence-electron chi connectivity index (χ1n) is 3.77. The first kappa shape index (κ1) is 11.8. The van der Waals surface area contributed by atoms with Gasteiger partial charge in [0.05, 0.1) is 10.7 Å². The number of rotatable bonds is 2. The lowest BCUT2D eigenvalue weighted by atomic mass is 10.2. The standard InChI is InChI=1S/C8H7BrClN3O2/c9-6-2-5(10)1-4(7(6)14)3-12-13-8(11)15/h1-3,14H,(H3,11,13,15). The summed E-state index contributed by atoms with van der Waals surface area (Å²) in [5.74, 6) is -0.0191. The largest absolute Gasteiger partial charge is 0.506 e. The second kappa shape index (κ2) is 4.99. The summed E-state index contributed by atoms with van der Waals surface area (Å²) in [6, 6.07) is 2.25. The van der Waals surface area contributed by atoms with Crippen LogP contribution < -0.4 is 11.2 Å². The van der Waals surface area contributed by atoms with Crippen molar-refractivity contribution in [2.45, 2.75) is 0 Å². The molecule has 80 valence electrons. The van der Waals surface area contributed by atoms with Crippen LogP contribution in [0.25, 0.3) is 0 Å². The van der Waals surface area contributed by atoms with Crippen molar-refractivity contribution in [2.75, 3.05) is 0 Å². The van der Waals surface area contributed by atoms with Gasteiger partial charge < -0.3 is 10.8 Å². The number of nitrogens with one attached hydrogen (secondary N) is 1. The number of carbonyl (C=O) groups excluding carboxylic acids is 1. The summed E-state index contributed by atoms with van der Waals surface area (Å²) in [5, 5.41) is 13.5. The van der Waals surface area contributed by atoms with Crippen molar-refractivity contribution in [2.24, 2.45) is 10.8 Å². The highest BCUT2D eigenvalue weighted by Gasteiger charge is 2.05. The van der Waals surface area contributed by atoms with Crippen LogP contribution in [0.4, 0.5) is 4.79 Å². The van der Waals surface area contributed by atoms with E-state index in [1.807, 2.05) is 5.43 Å². The zero-order valence-electron chi connectivity index (χ0n) is 7.37. The highest BCUT2D eigenvalue weighted by Crippen LogP contribution is 2.30. The van der Waals surface area contributed by atoms with E-state index in [2.05, 4.69) is 21.0 Å². The molecule has 4 N–H and O–H groups in total. The predicted molar refractivity (Wildman–Crippen MR) is 61.1 cm³/mol. The summed E-state index contributed by atoms with van der Waals surface area (Å²) < 4.78 is 0.440. The average Bonchev–Trinajstić information content (AvgIpc) is 2.12. The summed E-state index contributed by atoms with van der Waals surface area (Å²) >= 11 is 8.86. The fourth-order valence-corrected chi connectivity index (χ4v) is 1.68. The summed E-state index contributed by atoms with van der Waals surface area (Å²) in [7, 11) is 0. The molecule has 5 nitrogen and oxygen atoms in total. The molecule has 1 aromatic rings. The number of hydrazone groups is 1. The van der Waals surface area contributed by atoms with Gasteiger partial charge in [-0.25, -0.2) is 10.2 Å². The Morgan fingerprint density at radius 1 is 1.67 bits per heavy atom. The molecule has 0 saturated carbocycles. The number of urea groups is 1. The number of nitrogens with two attached hydrogens (primary N) is 1. The van der Waals surface area contributed by atoms with Gasteiger partial charge in [-0.3, -0.25) is 0 Å². The first-order chi connectivity index (χ1) is 7.00. The molecule has 2 amide bonds. The van der Waals surface area contributed by atoms with E-state index < -0.39 is 6.03 Å². The molecule has 0 saturated heterocycles. The summed E-state index contributed by atoms with van der Waals surface area (Å²) in [6.07, 6.45) is 1.23. The van der Waals surface area contributed by atoms with Crippen LogP contribution >= 0.6 is 27.5 Å². The Kier molecular flexibility index (Phi) is 3.93. The topological polar surface area (TPSA) is 87.7 Å². The third-order valence-corrected chi connectivity index (χ3v) is 2.26. The molecule has 15 heavy (non-hydrogen) atoms. The molecule has 0 aromatic heterocycles. The van der Waals surface area contributed by atoms with Crippen LogP contribution in [0.2, 0.25) is 5.02 Å². The molecule has 0 atom stereocenters. The summed E-state index contributed by atoms with van der Waals surface area (Å²) in [4.78, 5) is 10.3. The van der Waals surface area contributed by atoms with Crippen LogP contribution in [0, 0.1) is 0 Å². The third kappa shape index (κ3) is 3.41. The van der Waals surface area contributed by atoms with Crippen LogP contribution in [0.3, 0.4) is 0 Å². The maximum atomic E-state index is 10.3. The highest BCUT2D eigenvalue weighted by atomic mass is 79.9. The molecule has 7 heteroatoms. The van der Waals surface area contributed by atoms with Gasteiger partial charge in [0.1, 0.15) is 5.75 Å². The molecular formula is C8H7BrClN3O2. The van der Waals surface area contributed by atoms with E-state index in [1.165, 1.54) is 18.3 Å². The predicted octanol–water partition coefficient (Wildman–Crippen LogP) is 1.81. The highest BCUT2D eigenvalue weighted by molar-refractivity contribution is 9.10. The minimum atomic E-state index is -0.785. The lowest BCUT2D eigenvalue weighted by Crippen LogP contribution is -2.24. The molecule has 0 heterocycles. The number of phenolic OH excluding ortho intramolecular Hbond substituents is 1. The maximum Gasteiger partial charge on any atom is 0.332 e. The number of primary amides is 1. The fraction of sp³-hybridized carbons (Fsp3) is 0. The van der Waals surface area contributed by atoms with Crippen molar-refractivity contribution in [1.82, 2.24) is 5.43 Å². The number of carbonyl (C=O) groups is 1. The normalized spacial score (nSPS) is 10.5. The van der Waals surface area contributed by atoms with E-state index in [1.54, 1.807) is 0 Å². The molecule has 0 aliphatic carbocycles. The fourth-order valence-electron chi connectivity index (χ4n) is 0.850. The summed E-state index contributed by atoms with van der Waals surface area (Å²) in [5.41, 5.74) is 7.16. The van der Waals surface area contributed by atoms with Crippen molar-refractivity contribution in [3.8, 4) is 5.75 Å². The van der Waals surface area contributed by atoms with Crippen LogP contribution in [0.1, 0.15) is 5.56 Å². The van der Waals surface area contributed by atoms with Gasteiger partial charge in [-0.05, 0) is 28.1 Å². The number of benzene rings is 1. The van der Waals surface area contributed by atoms with E-state index in [0.29, 0.717) is 15.1 Å². The Morgan fingerprint density at radius 2 is 2.33 bits per heavy atom. The van der Waals surface area contributed by atoms with Crippen molar-refractivity contribution in [1.29, 1.82) is 0 Å². The molecule has 0 aliphatic rings. The lowest BCUT2D eigenvalue weighted by Gasteiger charge is -2.02. The van der Waals surface area contributed by atoms with E-state index in [-0.39, 0.29) is 5.75 Å². The van der Waals surface area contributed by atoms with Gasteiger partial charge in [-0.2, -0.15) is 5.10 Å². The zero-order chi connectivity index (χ0) is 11.4. The van der Waals surface area contributed by atoms with Gasteiger partial charge in [-0.1, -0.05) is 11.6 Å². The smallest absolute Gasteiger partial charge is 0.332 e. The van der Waals surface area contributed by atoms with E-state index in [9.17, 15) is 9.90 Å². The Hall–Kier alpha value is -1.27. The first-order valence-corrected chi connectivity index (χ1v) is 4.94. The van der Waals surface area contributed by atoms with Crippen LogP contribution in [-0.4, -0.2) is 17.4 Å². The van der Waals surface area contributed by atoms with Gasteiger partial charge >= 0.3 is 6.03 Å². The number of amides is 2.